The third-order valence-electron chi connectivity index (χ3n) is 2.91. The Balaban J connectivity index is 2.83. The van der Waals surface area contributed by atoms with Crippen LogP contribution in [0.2, 0.25) is 0 Å². The van der Waals surface area contributed by atoms with Gasteiger partial charge in [-0.15, -0.1) is 0 Å². The first kappa shape index (κ1) is 15.0. The van der Waals surface area contributed by atoms with Crippen molar-refractivity contribution in [2.75, 3.05) is 6.61 Å². The van der Waals surface area contributed by atoms with Crippen LogP contribution in [0, 0.1) is 0 Å². The van der Waals surface area contributed by atoms with Crippen molar-refractivity contribution in [2.45, 2.75) is 38.5 Å². The first-order valence-electron chi connectivity index (χ1n) is 5.92. The second kappa shape index (κ2) is 6.20. The Labute approximate surface area is 105 Å². The van der Waals surface area contributed by atoms with E-state index >= 15 is 0 Å². The summed E-state index contributed by atoms with van der Waals surface area (Å²) >= 11 is 0. The number of aliphatic hydroxyl groups excluding tert-OH is 1. The monoisotopic (exact) mass is 261 g/mol. The summed E-state index contributed by atoms with van der Waals surface area (Å²) in [7, 11) is 0. The van der Waals surface area contributed by atoms with E-state index in [9.17, 15) is 13.2 Å². The quantitative estimate of drug-likeness (QED) is 0.853. The lowest BCUT2D eigenvalue weighted by molar-refractivity contribution is -0.137. The maximum absolute atomic E-state index is 12.6. The molecule has 0 heterocycles. The summed E-state index contributed by atoms with van der Waals surface area (Å²) in [5.41, 5.74) is -0.0811. The molecule has 0 aliphatic carbocycles. The molecule has 0 saturated carbocycles. The van der Waals surface area contributed by atoms with Gasteiger partial charge in [0.2, 0.25) is 0 Å². The SMILES string of the molecule is CC[C@@H](CO)NC(C)c1cccc(C(F)(F)F)c1. The van der Waals surface area contributed by atoms with Crippen molar-refractivity contribution >= 4 is 0 Å². The van der Waals surface area contributed by atoms with Crippen molar-refractivity contribution in [1.29, 1.82) is 0 Å². The lowest BCUT2D eigenvalue weighted by Gasteiger charge is -2.21. The Morgan fingerprint density at radius 3 is 2.50 bits per heavy atom. The molecule has 0 saturated heterocycles. The molecule has 0 aliphatic rings. The summed E-state index contributed by atoms with van der Waals surface area (Å²) in [5, 5.41) is 12.2. The van der Waals surface area contributed by atoms with Gasteiger partial charge in [0.15, 0.2) is 0 Å². The number of halogens is 3. The molecule has 0 aliphatic heterocycles. The van der Waals surface area contributed by atoms with E-state index in [4.69, 9.17) is 5.11 Å². The van der Waals surface area contributed by atoms with Gasteiger partial charge in [-0.2, -0.15) is 13.2 Å². The zero-order valence-corrected chi connectivity index (χ0v) is 10.5. The molecule has 1 unspecified atom stereocenters. The van der Waals surface area contributed by atoms with E-state index in [2.05, 4.69) is 5.32 Å². The summed E-state index contributed by atoms with van der Waals surface area (Å²) in [6.07, 6.45) is -3.60. The average Bonchev–Trinajstić information content (AvgIpc) is 2.34. The van der Waals surface area contributed by atoms with Crippen molar-refractivity contribution < 1.29 is 18.3 Å². The highest BCUT2D eigenvalue weighted by molar-refractivity contribution is 5.27. The van der Waals surface area contributed by atoms with Gasteiger partial charge in [-0.3, -0.25) is 0 Å². The first-order chi connectivity index (χ1) is 8.38. The van der Waals surface area contributed by atoms with E-state index in [-0.39, 0.29) is 18.7 Å². The first-order valence-corrected chi connectivity index (χ1v) is 5.92. The molecule has 5 heteroatoms. The third-order valence-corrected chi connectivity index (χ3v) is 2.91. The lowest BCUT2D eigenvalue weighted by Crippen LogP contribution is -2.34. The van der Waals surface area contributed by atoms with Gasteiger partial charge < -0.3 is 10.4 Å². The zero-order chi connectivity index (χ0) is 13.8. The van der Waals surface area contributed by atoms with E-state index in [0.29, 0.717) is 5.56 Å². The van der Waals surface area contributed by atoms with Crippen LogP contribution in [0.3, 0.4) is 0 Å². The molecule has 0 fully saturated rings. The van der Waals surface area contributed by atoms with Crippen molar-refractivity contribution in [3.05, 3.63) is 35.4 Å². The number of hydrogen-bond acceptors (Lipinski definition) is 2. The summed E-state index contributed by atoms with van der Waals surface area (Å²) in [6, 6.07) is 4.91. The molecule has 2 nitrogen and oxygen atoms in total. The molecular formula is C13H18F3NO. The summed E-state index contributed by atoms with van der Waals surface area (Å²) in [6.45, 7) is 3.67. The van der Waals surface area contributed by atoms with Gasteiger partial charge in [0, 0.05) is 12.1 Å². The molecule has 0 amide bonds. The molecule has 18 heavy (non-hydrogen) atoms. The molecule has 0 bridgehead atoms. The van der Waals surface area contributed by atoms with E-state index in [1.807, 2.05) is 6.92 Å². The van der Waals surface area contributed by atoms with Gasteiger partial charge in [-0.25, -0.2) is 0 Å². The van der Waals surface area contributed by atoms with E-state index in [0.717, 1.165) is 18.6 Å². The fourth-order valence-electron chi connectivity index (χ4n) is 1.73. The number of aliphatic hydroxyl groups is 1. The Morgan fingerprint density at radius 1 is 1.33 bits per heavy atom. The highest BCUT2D eigenvalue weighted by Crippen LogP contribution is 2.30. The van der Waals surface area contributed by atoms with Crippen LogP contribution in [0.15, 0.2) is 24.3 Å². The van der Waals surface area contributed by atoms with Crippen LogP contribution in [0.5, 0.6) is 0 Å². The smallest absolute Gasteiger partial charge is 0.395 e. The summed E-state index contributed by atoms with van der Waals surface area (Å²) in [4.78, 5) is 0. The van der Waals surface area contributed by atoms with Gasteiger partial charge in [0.05, 0.1) is 12.2 Å². The highest BCUT2D eigenvalue weighted by atomic mass is 19.4. The van der Waals surface area contributed by atoms with E-state index < -0.39 is 11.7 Å². The van der Waals surface area contributed by atoms with Crippen LogP contribution < -0.4 is 5.32 Å². The second-order valence-corrected chi connectivity index (χ2v) is 4.30. The van der Waals surface area contributed by atoms with Crippen molar-refractivity contribution in [3.8, 4) is 0 Å². The highest BCUT2D eigenvalue weighted by Gasteiger charge is 2.30. The van der Waals surface area contributed by atoms with Crippen molar-refractivity contribution in [2.24, 2.45) is 0 Å². The van der Waals surface area contributed by atoms with Crippen LogP contribution in [0.4, 0.5) is 13.2 Å². The number of benzene rings is 1. The second-order valence-electron chi connectivity index (χ2n) is 4.30. The number of hydrogen-bond donors (Lipinski definition) is 2. The summed E-state index contributed by atoms with van der Waals surface area (Å²) < 4.78 is 37.7. The number of rotatable bonds is 5. The van der Waals surface area contributed by atoms with Crippen LogP contribution in [0.25, 0.3) is 0 Å². The number of nitrogens with one attached hydrogen (secondary N) is 1. The van der Waals surface area contributed by atoms with Gasteiger partial charge in [-0.1, -0.05) is 19.1 Å². The predicted octanol–water partition coefficient (Wildman–Crippen LogP) is 3.13. The fraction of sp³-hybridized carbons (Fsp3) is 0.538. The molecule has 0 radical (unpaired) electrons. The normalized spacial score (nSPS) is 15.4. The largest absolute Gasteiger partial charge is 0.416 e. The summed E-state index contributed by atoms with van der Waals surface area (Å²) in [5.74, 6) is 0. The van der Waals surface area contributed by atoms with Crippen LogP contribution >= 0.6 is 0 Å². The van der Waals surface area contributed by atoms with Crippen LogP contribution in [0.1, 0.15) is 37.4 Å². The Hall–Kier alpha value is -1.07. The topological polar surface area (TPSA) is 32.3 Å². The molecule has 102 valence electrons. The zero-order valence-electron chi connectivity index (χ0n) is 10.5. The van der Waals surface area contributed by atoms with E-state index in [1.54, 1.807) is 13.0 Å². The molecule has 1 aromatic carbocycles. The van der Waals surface area contributed by atoms with Gasteiger partial charge in [-0.05, 0) is 31.0 Å². The van der Waals surface area contributed by atoms with E-state index in [1.165, 1.54) is 6.07 Å². The molecule has 0 spiro atoms. The molecule has 1 aromatic rings. The van der Waals surface area contributed by atoms with Crippen molar-refractivity contribution in [1.82, 2.24) is 5.32 Å². The molecule has 2 N–H and O–H groups in total. The maximum atomic E-state index is 12.6. The van der Waals surface area contributed by atoms with Gasteiger partial charge in [0.1, 0.15) is 0 Å². The predicted molar refractivity (Wildman–Crippen MR) is 64.2 cm³/mol. The lowest BCUT2D eigenvalue weighted by atomic mass is 10.0. The Kier molecular flexibility index (Phi) is 5.16. The average molecular weight is 261 g/mol. The third kappa shape index (κ3) is 3.99. The number of alkyl halides is 3. The Bertz CT molecular complexity index is 375. The minimum Gasteiger partial charge on any atom is -0.395 e. The minimum absolute atomic E-state index is 0.0280. The van der Waals surface area contributed by atoms with Crippen LogP contribution in [-0.2, 0) is 6.18 Å². The minimum atomic E-state index is -4.32. The Morgan fingerprint density at radius 2 is 2.00 bits per heavy atom. The van der Waals surface area contributed by atoms with Gasteiger partial charge in [0.25, 0.3) is 0 Å². The molecule has 2 atom stereocenters. The van der Waals surface area contributed by atoms with Crippen LogP contribution in [-0.4, -0.2) is 17.8 Å². The fourth-order valence-corrected chi connectivity index (χ4v) is 1.73. The van der Waals surface area contributed by atoms with Crippen molar-refractivity contribution in [3.63, 3.8) is 0 Å². The standard InChI is InChI=1S/C13H18F3NO/c1-3-12(8-18)17-9(2)10-5-4-6-11(7-10)13(14,15)16/h4-7,9,12,17-18H,3,8H2,1-2H3/t9?,12-/m0/s1. The van der Waals surface area contributed by atoms with Gasteiger partial charge >= 0.3 is 6.18 Å². The molecule has 1 rings (SSSR count). The molecule has 0 aromatic heterocycles. The molecular weight excluding hydrogens is 243 g/mol. The maximum Gasteiger partial charge on any atom is 0.416 e.